The minimum Gasteiger partial charge on any atom is -0.472 e. The van der Waals surface area contributed by atoms with Crippen molar-refractivity contribution in [1.29, 1.82) is 0 Å². The van der Waals surface area contributed by atoms with Crippen LogP contribution in [0.4, 0.5) is 13.2 Å². The summed E-state index contributed by atoms with van der Waals surface area (Å²) < 4.78 is 42.2. The number of nitrogens with zero attached hydrogens (tertiary/aromatic N) is 1. The van der Waals surface area contributed by atoms with Crippen LogP contribution in [0.2, 0.25) is 0 Å². The lowest BCUT2D eigenvalue weighted by Crippen LogP contribution is -2.23. The lowest BCUT2D eigenvalue weighted by Gasteiger charge is -2.20. The Morgan fingerprint density at radius 1 is 1.20 bits per heavy atom. The lowest BCUT2D eigenvalue weighted by atomic mass is 10.2. The number of rotatable bonds is 1. The second kappa shape index (κ2) is 3.72. The van der Waals surface area contributed by atoms with Gasteiger partial charge in [-0.15, -0.1) is 0 Å². The molecule has 1 aromatic heterocycles. The van der Waals surface area contributed by atoms with Crippen molar-refractivity contribution in [1.82, 2.24) is 4.98 Å². The van der Waals surface area contributed by atoms with E-state index in [1.165, 1.54) is 0 Å². The molecule has 0 amide bonds. The number of hydrogen-bond donors (Lipinski definition) is 0. The third-order valence-corrected chi connectivity index (χ3v) is 1.47. The fourth-order valence-corrected chi connectivity index (χ4v) is 0.955. The summed E-state index contributed by atoms with van der Waals surface area (Å²) in [4.78, 5) is 3.72. The number of hydrogen-bond acceptors (Lipinski definition) is 2. The molecule has 0 aliphatic heterocycles. The molecule has 0 fully saturated rings. The van der Waals surface area contributed by atoms with E-state index in [4.69, 9.17) is 4.74 Å². The summed E-state index contributed by atoms with van der Waals surface area (Å²) in [5.41, 5.74) is -1.31. The first-order valence-corrected chi connectivity index (χ1v) is 4.41. The van der Waals surface area contributed by atoms with Crippen molar-refractivity contribution in [3.63, 3.8) is 0 Å². The van der Waals surface area contributed by atoms with E-state index in [0.717, 1.165) is 18.3 Å². The largest absolute Gasteiger partial charge is 0.472 e. The molecule has 1 aromatic rings. The fourth-order valence-electron chi connectivity index (χ4n) is 0.955. The van der Waals surface area contributed by atoms with Gasteiger partial charge in [0.25, 0.3) is 0 Å². The van der Waals surface area contributed by atoms with Crippen molar-refractivity contribution < 1.29 is 17.9 Å². The summed E-state index contributed by atoms with van der Waals surface area (Å²) in [6.45, 7) is 5.23. The third kappa shape index (κ3) is 3.77. The maximum absolute atomic E-state index is 12.3. The molecule has 0 saturated carbocycles. The molecular weight excluding hydrogens is 207 g/mol. The molecule has 1 rings (SSSR count). The molecule has 0 unspecified atom stereocenters. The number of aromatic nitrogens is 1. The highest BCUT2D eigenvalue weighted by Gasteiger charge is 2.31. The van der Waals surface area contributed by atoms with Crippen LogP contribution in [0.25, 0.3) is 0 Å². The van der Waals surface area contributed by atoms with Gasteiger partial charge < -0.3 is 4.74 Å². The van der Waals surface area contributed by atoms with Crippen LogP contribution in [0.15, 0.2) is 18.3 Å². The highest BCUT2D eigenvalue weighted by Crippen LogP contribution is 2.31. The van der Waals surface area contributed by atoms with Gasteiger partial charge in [-0.1, -0.05) is 0 Å². The van der Waals surface area contributed by atoms with Gasteiger partial charge in [-0.3, -0.25) is 0 Å². The standard InChI is InChI=1S/C10H12F3NO/c1-9(2,3)15-8-6-7(4-5-14-8)10(11,12)13/h4-6H,1-3H3. The van der Waals surface area contributed by atoms with Gasteiger partial charge in [0.15, 0.2) is 0 Å². The van der Waals surface area contributed by atoms with Gasteiger partial charge in [0.2, 0.25) is 5.88 Å². The Kier molecular flexibility index (Phi) is 2.93. The van der Waals surface area contributed by atoms with Gasteiger partial charge in [-0.05, 0) is 26.8 Å². The van der Waals surface area contributed by atoms with Crippen molar-refractivity contribution in [3.8, 4) is 5.88 Å². The minimum atomic E-state index is -4.36. The first-order valence-electron chi connectivity index (χ1n) is 4.41. The Hall–Kier alpha value is -1.26. The van der Waals surface area contributed by atoms with Crippen LogP contribution in [0.1, 0.15) is 26.3 Å². The Morgan fingerprint density at radius 3 is 2.27 bits per heavy atom. The van der Waals surface area contributed by atoms with E-state index < -0.39 is 17.3 Å². The van der Waals surface area contributed by atoms with E-state index in [9.17, 15) is 13.2 Å². The third-order valence-electron chi connectivity index (χ3n) is 1.47. The highest BCUT2D eigenvalue weighted by atomic mass is 19.4. The topological polar surface area (TPSA) is 22.1 Å². The number of pyridine rings is 1. The van der Waals surface area contributed by atoms with Crippen LogP contribution in [0, 0.1) is 0 Å². The molecule has 5 heteroatoms. The Balaban J connectivity index is 2.94. The second-order valence-corrected chi connectivity index (χ2v) is 4.09. The van der Waals surface area contributed by atoms with E-state index in [0.29, 0.717) is 0 Å². The molecule has 1 heterocycles. The molecule has 0 spiro atoms. The SMILES string of the molecule is CC(C)(C)Oc1cc(C(F)(F)F)ccn1. The van der Waals surface area contributed by atoms with Crippen molar-refractivity contribution in [2.75, 3.05) is 0 Å². The summed E-state index contributed by atoms with van der Waals surface area (Å²) in [5.74, 6) is -0.0164. The molecular formula is C10H12F3NO. The molecule has 0 aliphatic carbocycles. The van der Waals surface area contributed by atoms with Crippen molar-refractivity contribution in [2.24, 2.45) is 0 Å². The van der Waals surface area contributed by atoms with E-state index in [1.54, 1.807) is 20.8 Å². The summed E-state index contributed by atoms with van der Waals surface area (Å²) in [6.07, 6.45) is -3.27. The molecule has 0 aliphatic rings. The number of halogens is 3. The number of ether oxygens (including phenoxy) is 1. The van der Waals surface area contributed by atoms with Crippen LogP contribution < -0.4 is 4.74 Å². The summed E-state index contributed by atoms with van der Waals surface area (Å²) in [6, 6.07) is 1.81. The molecule has 0 N–H and O–H groups in total. The number of alkyl halides is 3. The fraction of sp³-hybridized carbons (Fsp3) is 0.500. The second-order valence-electron chi connectivity index (χ2n) is 4.09. The van der Waals surface area contributed by atoms with E-state index in [1.807, 2.05) is 0 Å². The minimum absolute atomic E-state index is 0.0164. The van der Waals surface area contributed by atoms with Gasteiger partial charge >= 0.3 is 6.18 Å². The van der Waals surface area contributed by atoms with Crippen molar-refractivity contribution >= 4 is 0 Å². The first kappa shape index (κ1) is 11.8. The maximum Gasteiger partial charge on any atom is 0.416 e. The van der Waals surface area contributed by atoms with Gasteiger partial charge in [0.05, 0.1) is 5.56 Å². The summed E-state index contributed by atoms with van der Waals surface area (Å²) in [5, 5.41) is 0. The predicted molar refractivity (Wildman–Crippen MR) is 49.6 cm³/mol. The average Bonchev–Trinajstić information content (AvgIpc) is 1.99. The molecule has 0 bridgehead atoms. The smallest absolute Gasteiger partial charge is 0.416 e. The lowest BCUT2D eigenvalue weighted by molar-refractivity contribution is -0.137. The van der Waals surface area contributed by atoms with Gasteiger partial charge in [-0.2, -0.15) is 13.2 Å². The summed E-state index contributed by atoms with van der Waals surface area (Å²) in [7, 11) is 0. The van der Waals surface area contributed by atoms with Crippen LogP contribution in [-0.4, -0.2) is 10.6 Å². The summed E-state index contributed by atoms with van der Waals surface area (Å²) >= 11 is 0. The Morgan fingerprint density at radius 2 is 1.80 bits per heavy atom. The molecule has 0 saturated heterocycles. The van der Waals surface area contributed by atoms with Crippen molar-refractivity contribution in [2.45, 2.75) is 32.5 Å². The highest BCUT2D eigenvalue weighted by molar-refractivity contribution is 5.23. The van der Waals surface area contributed by atoms with E-state index >= 15 is 0 Å². The van der Waals surface area contributed by atoms with Crippen LogP contribution in [0.5, 0.6) is 5.88 Å². The maximum atomic E-state index is 12.3. The zero-order valence-corrected chi connectivity index (χ0v) is 8.72. The molecule has 15 heavy (non-hydrogen) atoms. The normalized spacial score (nSPS) is 12.7. The van der Waals surface area contributed by atoms with Crippen molar-refractivity contribution in [3.05, 3.63) is 23.9 Å². The zero-order valence-electron chi connectivity index (χ0n) is 8.72. The van der Waals surface area contributed by atoms with Crippen LogP contribution in [0.3, 0.4) is 0 Å². The van der Waals surface area contributed by atoms with E-state index in [-0.39, 0.29) is 5.88 Å². The van der Waals surface area contributed by atoms with Gasteiger partial charge in [0, 0.05) is 12.3 Å². The molecule has 0 atom stereocenters. The molecule has 0 aromatic carbocycles. The van der Waals surface area contributed by atoms with Crippen LogP contribution in [-0.2, 0) is 6.18 Å². The Labute approximate surface area is 86.1 Å². The van der Waals surface area contributed by atoms with E-state index in [2.05, 4.69) is 4.98 Å². The average molecular weight is 219 g/mol. The first-order chi connectivity index (χ1) is 6.68. The van der Waals surface area contributed by atoms with Crippen LogP contribution >= 0.6 is 0 Å². The molecule has 84 valence electrons. The predicted octanol–water partition coefficient (Wildman–Crippen LogP) is 3.28. The molecule has 2 nitrogen and oxygen atoms in total. The monoisotopic (exact) mass is 219 g/mol. The van der Waals surface area contributed by atoms with Gasteiger partial charge in [0.1, 0.15) is 5.60 Å². The van der Waals surface area contributed by atoms with Gasteiger partial charge in [-0.25, -0.2) is 4.98 Å². The quantitative estimate of drug-likeness (QED) is 0.723. The zero-order chi connectivity index (χ0) is 11.7. The molecule has 0 radical (unpaired) electrons. The Bertz CT molecular complexity index is 341.